The lowest BCUT2D eigenvalue weighted by atomic mass is 9.80. The molecule has 1 aliphatic heterocycles. The number of hydrogen-bond acceptors (Lipinski definition) is 3. The number of benzene rings is 1. The third-order valence-corrected chi connectivity index (χ3v) is 4.51. The summed E-state index contributed by atoms with van der Waals surface area (Å²) in [5.74, 6) is 0.0801. The first-order chi connectivity index (χ1) is 9.46. The van der Waals surface area contributed by atoms with Gasteiger partial charge in [0.1, 0.15) is 5.75 Å². The quantitative estimate of drug-likeness (QED) is 0.928. The summed E-state index contributed by atoms with van der Waals surface area (Å²) in [6.45, 7) is 4.04. The van der Waals surface area contributed by atoms with E-state index in [4.69, 9.17) is 16.3 Å². The van der Waals surface area contributed by atoms with Gasteiger partial charge in [-0.15, -0.1) is 0 Å². The summed E-state index contributed by atoms with van der Waals surface area (Å²) < 4.78 is 5.34. The highest BCUT2D eigenvalue weighted by atomic mass is 35.5. The number of likely N-dealkylation sites (tertiary alicyclic amines) is 1. The van der Waals surface area contributed by atoms with Crippen LogP contribution in [0.4, 0.5) is 0 Å². The molecule has 1 aromatic rings. The average Bonchev–Trinajstić information content (AvgIpc) is 2.43. The fourth-order valence-electron chi connectivity index (χ4n) is 2.53. The molecule has 0 aromatic heterocycles. The molecule has 1 fully saturated rings. The predicted octanol–water partition coefficient (Wildman–Crippen LogP) is 3.04. The van der Waals surface area contributed by atoms with Crippen molar-refractivity contribution in [2.24, 2.45) is 5.41 Å². The number of piperidine rings is 1. The maximum Gasteiger partial charge on any atom is 0.309 e. The van der Waals surface area contributed by atoms with Crippen LogP contribution in [0.1, 0.15) is 25.3 Å². The van der Waals surface area contributed by atoms with E-state index in [1.165, 1.54) is 0 Å². The zero-order valence-electron chi connectivity index (χ0n) is 11.9. The average molecular weight is 298 g/mol. The van der Waals surface area contributed by atoms with Crippen LogP contribution in [-0.4, -0.2) is 36.2 Å². The van der Waals surface area contributed by atoms with Gasteiger partial charge in [-0.05, 0) is 45.0 Å². The van der Waals surface area contributed by atoms with E-state index in [-0.39, 0.29) is 0 Å². The smallest absolute Gasteiger partial charge is 0.309 e. The summed E-state index contributed by atoms with van der Waals surface area (Å²) in [7, 11) is 1.63. The number of halogens is 1. The lowest BCUT2D eigenvalue weighted by molar-refractivity contribution is -0.150. The van der Waals surface area contributed by atoms with Crippen LogP contribution >= 0.6 is 11.6 Å². The summed E-state index contributed by atoms with van der Waals surface area (Å²) in [4.78, 5) is 13.5. The van der Waals surface area contributed by atoms with Crippen LogP contribution in [0.15, 0.2) is 18.2 Å². The Labute approximate surface area is 124 Å². The number of carboxylic acids is 1. The Hall–Kier alpha value is -1.26. The molecule has 0 atom stereocenters. The summed E-state index contributed by atoms with van der Waals surface area (Å²) in [6.07, 6.45) is 1.32. The van der Waals surface area contributed by atoms with E-state index in [2.05, 4.69) is 4.90 Å². The Kier molecular flexibility index (Phi) is 4.55. The second-order valence-electron chi connectivity index (χ2n) is 5.56. The van der Waals surface area contributed by atoms with Gasteiger partial charge in [0.25, 0.3) is 0 Å². The standard InChI is InChI=1S/C15H20ClNO3/c1-15(14(18)19)6-8-17(9-7-15)10-11-12(16)4-3-5-13(11)20-2/h3-5H,6-10H2,1-2H3,(H,18,19). The number of nitrogens with zero attached hydrogens (tertiary/aromatic N) is 1. The van der Waals surface area contributed by atoms with E-state index >= 15 is 0 Å². The molecule has 2 rings (SSSR count). The Bertz CT molecular complexity index is 496. The first-order valence-corrected chi connectivity index (χ1v) is 7.11. The molecule has 1 heterocycles. The van der Waals surface area contributed by atoms with Gasteiger partial charge < -0.3 is 9.84 Å². The molecule has 0 unspecified atom stereocenters. The van der Waals surface area contributed by atoms with Crippen LogP contribution in [0.5, 0.6) is 5.75 Å². The number of carbonyl (C=O) groups is 1. The molecule has 0 saturated carbocycles. The molecular formula is C15H20ClNO3. The highest BCUT2D eigenvalue weighted by Crippen LogP contribution is 2.33. The Balaban J connectivity index is 2.05. The fourth-order valence-corrected chi connectivity index (χ4v) is 2.75. The summed E-state index contributed by atoms with van der Waals surface area (Å²) in [5.41, 5.74) is 0.372. The number of rotatable bonds is 4. The molecule has 5 heteroatoms. The van der Waals surface area contributed by atoms with E-state index in [1.807, 2.05) is 25.1 Å². The molecule has 0 spiro atoms. The minimum Gasteiger partial charge on any atom is -0.496 e. The largest absolute Gasteiger partial charge is 0.496 e. The predicted molar refractivity (Wildman–Crippen MR) is 78.3 cm³/mol. The topological polar surface area (TPSA) is 49.8 Å². The molecule has 4 nitrogen and oxygen atoms in total. The SMILES string of the molecule is COc1cccc(Cl)c1CN1CCC(C)(C(=O)O)CC1. The van der Waals surface area contributed by atoms with Crippen LogP contribution in [-0.2, 0) is 11.3 Å². The van der Waals surface area contributed by atoms with Gasteiger partial charge in [-0.1, -0.05) is 17.7 Å². The maximum atomic E-state index is 11.2. The van der Waals surface area contributed by atoms with Crippen molar-refractivity contribution >= 4 is 17.6 Å². The summed E-state index contributed by atoms with van der Waals surface area (Å²) >= 11 is 6.23. The van der Waals surface area contributed by atoms with Gasteiger partial charge in [-0.3, -0.25) is 9.69 Å². The highest BCUT2D eigenvalue weighted by Gasteiger charge is 2.36. The molecular weight excluding hydrogens is 278 g/mol. The Morgan fingerprint density at radius 2 is 2.10 bits per heavy atom. The number of methoxy groups -OCH3 is 1. The van der Waals surface area contributed by atoms with E-state index in [0.717, 1.165) is 24.4 Å². The van der Waals surface area contributed by atoms with Crippen molar-refractivity contribution < 1.29 is 14.6 Å². The first-order valence-electron chi connectivity index (χ1n) is 6.73. The second-order valence-corrected chi connectivity index (χ2v) is 5.97. The van der Waals surface area contributed by atoms with Crippen molar-refractivity contribution in [2.45, 2.75) is 26.3 Å². The third kappa shape index (κ3) is 3.07. The van der Waals surface area contributed by atoms with Crippen molar-refractivity contribution in [3.05, 3.63) is 28.8 Å². The molecule has 0 radical (unpaired) electrons. The zero-order valence-corrected chi connectivity index (χ0v) is 12.6. The number of carboxylic acid groups (broad SMARTS) is 1. The first kappa shape index (κ1) is 15.1. The van der Waals surface area contributed by atoms with Gasteiger partial charge in [-0.25, -0.2) is 0 Å². The van der Waals surface area contributed by atoms with Crippen LogP contribution < -0.4 is 4.74 Å². The van der Waals surface area contributed by atoms with Gasteiger partial charge >= 0.3 is 5.97 Å². The lowest BCUT2D eigenvalue weighted by Gasteiger charge is -2.36. The van der Waals surface area contributed by atoms with Crippen molar-refractivity contribution in [1.82, 2.24) is 4.90 Å². The van der Waals surface area contributed by atoms with Gasteiger partial charge in [-0.2, -0.15) is 0 Å². The molecule has 110 valence electrons. The van der Waals surface area contributed by atoms with Gasteiger partial charge in [0.2, 0.25) is 0 Å². The summed E-state index contributed by atoms with van der Waals surface area (Å²) in [5, 5.41) is 9.93. The molecule has 0 aliphatic carbocycles. The molecule has 1 aliphatic rings. The molecule has 0 amide bonds. The second kappa shape index (κ2) is 6.02. The highest BCUT2D eigenvalue weighted by molar-refractivity contribution is 6.31. The molecule has 1 aromatic carbocycles. The maximum absolute atomic E-state index is 11.2. The van der Waals surface area contributed by atoms with Crippen molar-refractivity contribution in [3.8, 4) is 5.75 Å². The number of hydrogen-bond donors (Lipinski definition) is 1. The zero-order chi connectivity index (χ0) is 14.8. The molecule has 0 bridgehead atoms. The Morgan fingerprint density at radius 1 is 1.45 bits per heavy atom. The van der Waals surface area contributed by atoms with Crippen LogP contribution in [0.25, 0.3) is 0 Å². The Morgan fingerprint density at radius 3 is 2.65 bits per heavy atom. The van der Waals surface area contributed by atoms with E-state index in [0.29, 0.717) is 24.4 Å². The normalized spacial score (nSPS) is 18.8. The van der Waals surface area contributed by atoms with Crippen molar-refractivity contribution in [2.75, 3.05) is 20.2 Å². The van der Waals surface area contributed by atoms with E-state index < -0.39 is 11.4 Å². The monoisotopic (exact) mass is 297 g/mol. The third-order valence-electron chi connectivity index (χ3n) is 4.15. The molecule has 1 saturated heterocycles. The van der Waals surface area contributed by atoms with Gasteiger partial charge in [0.15, 0.2) is 0 Å². The fraction of sp³-hybridized carbons (Fsp3) is 0.533. The van der Waals surface area contributed by atoms with Crippen molar-refractivity contribution in [1.29, 1.82) is 0 Å². The van der Waals surface area contributed by atoms with Crippen LogP contribution in [0, 0.1) is 5.41 Å². The van der Waals surface area contributed by atoms with Gasteiger partial charge in [0, 0.05) is 17.1 Å². The van der Waals surface area contributed by atoms with E-state index in [9.17, 15) is 9.90 Å². The molecule has 20 heavy (non-hydrogen) atoms. The van der Waals surface area contributed by atoms with Crippen molar-refractivity contribution in [3.63, 3.8) is 0 Å². The van der Waals surface area contributed by atoms with E-state index in [1.54, 1.807) is 7.11 Å². The lowest BCUT2D eigenvalue weighted by Crippen LogP contribution is -2.42. The van der Waals surface area contributed by atoms with Gasteiger partial charge in [0.05, 0.1) is 12.5 Å². The van der Waals surface area contributed by atoms with Crippen LogP contribution in [0.2, 0.25) is 5.02 Å². The van der Waals surface area contributed by atoms with Crippen LogP contribution in [0.3, 0.4) is 0 Å². The number of ether oxygens (including phenoxy) is 1. The number of aliphatic carboxylic acids is 1. The minimum absolute atomic E-state index is 0.596. The summed E-state index contributed by atoms with van der Waals surface area (Å²) in [6, 6.07) is 5.61. The molecule has 1 N–H and O–H groups in total. The minimum atomic E-state index is -0.701.